The summed E-state index contributed by atoms with van der Waals surface area (Å²) in [6.07, 6.45) is 2.27. The average Bonchev–Trinajstić information content (AvgIpc) is 3.89. The summed E-state index contributed by atoms with van der Waals surface area (Å²) in [5.74, 6) is -0.162. The molecule has 0 spiro atoms. The van der Waals surface area contributed by atoms with E-state index in [1.807, 2.05) is 0 Å². The predicted molar refractivity (Wildman–Crippen MR) is 131 cm³/mol. The highest BCUT2D eigenvalue weighted by Crippen LogP contribution is 2.45. The van der Waals surface area contributed by atoms with Crippen LogP contribution in [0.5, 0.6) is 11.8 Å². The highest BCUT2D eigenvalue weighted by molar-refractivity contribution is 5.66. The van der Waals surface area contributed by atoms with E-state index in [0.717, 1.165) is 30.8 Å². The fourth-order valence-corrected chi connectivity index (χ4v) is 4.37. The Morgan fingerprint density at radius 3 is 2.50 bits per heavy atom. The largest absolute Gasteiger partial charge is 0.480 e. The van der Waals surface area contributed by atoms with Crippen LogP contribution in [0, 0.1) is 5.82 Å². The van der Waals surface area contributed by atoms with Crippen molar-refractivity contribution < 1.29 is 32.1 Å². The van der Waals surface area contributed by atoms with Crippen LogP contribution in [0.3, 0.4) is 0 Å². The number of nitrogens with zero attached hydrogens (tertiary/aromatic N) is 7. The van der Waals surface area contributed by atoms with Crippen molar-refractivity contribution in [3.8, 4) is 34.7 Å². The van der Waals surface area contributed by atoms with Gasteiger partial charge in [0.2, 0.25) is 11.8 Å². The van der Waals surface area contributed by atoms with Crippen LogP contribution >= 0.6 is 0 Å². The molecule has 0 amide bonds. The summed E-state index contributed by atoms with van der Waals surface area (Å²) in [5, 5.41) is 9.78. The van der Waals surface area contributed by atoms with Crippen LogP contribution < -0.4 is 9.47 Å². The van der Waals surface area contributed by atoms with Crippen molar-refractivity contribution >= 4 is 0 Å². The van der Waals surface area contributed by atoms with Gasteiger partial charge in [-0.2, -0.15) is 18.2 Å². The molecule has 6 rings (SSSR count). The lowest BCUT2D eigenvalue weighted by atomic mass is 10.1. The first kappa shape index (κ1) is 26.0. The molecule has 10 nitrogen and oxygen atoms in total. The van der Waals surface area contributed by atoms with Crippen molar-refractivity contribution in [1.29, 1.82) is 0 Å². The zero-order chi connectivity index (χ0) is 28.0. The topological polar surface area (TPSA) is 121 Å². The Kier molecular flexibility index (Phi) is 6.56. The van der Waals surface area contributed by atoms with Gasteiger partial charge in [-0.3, -0.25) is 0 Å². The first-order valence-corrected chi connectivity index (χ1v) is 12.6. The molecule has 0 aromatic carbocycles. The highest BCUT2D eigenvalue weighted by atomic mass is 19.4. The van der Waals surface area contributed by atoms with Gasteiger partial charge in [-0.05, 0) is 31.7 Å². The van der Waals surface area contributed by atoms with Crippen molar-refractivity contribution in [1.82, 2.24) is 34.5 Å². The fraction of sp³-hybridized carbons (Fsp3) is 0.385. The minimum absolute atomic E-state index is 0.102. The number of hydrogen-bond donors (Lipinski definition) is 1. The van der Waals surface area contributed by atoms with Gasteiger partial charge in [0.1, 0.15) is 24.2 Å². The van der Waals surface area contributed by atoms with Crippen LogP contribution in [0.15, 0.2) is 30.9 Å². The molecular formula is C26H23F4N7O3. The summed E-state index contributed by atoms with van der Waals surface area (Å²) in [6.45, 7) is -0.548. The first-order chi connectivity index (χ1) is 19.2. The zero-order valence-electron chi connectivity index (χ0n) is 21.2. The lowest BCUT2D eigenvalue weighted by molar-refractivity contribution is -0.140. The van der Waals surface area contributed by atoms with E-state index in [0.29, 0.717) is 24.0 Å². The van der Waals surface area contributed by atoms with Crippen LogP contribution in [0.2, 0.25) is 0 Å². The Morgan fingerprint density at radius 2 is 1.85 bits per heavy atom. The number of aliphatic hydroxyl groups is 1. The summed E-state index contributed by atoms with van der Waals surface area (Å²) in [7, 11) is 1.47. The number of alkyl halides is 3. The predicted octanol–water partition coefficient (Wildman–Crippen LogP) is 4.64. The molecule has 208 valence electrons. The molecule has 0 atom stereocenters. The Labute approximate surface area is 225 Å². The van der Waals surface area contributed by atoms with Gasteiger partial charge in [0.05, 0.1) is 25.1 Å². The third-order valence-corrected chi connectivity index (χ3v) is 6.60. The van der Waals surface area contributed by atoms with Crippen molar-refractivity contribution in [2.24, 2.45) is 0 Å². The van der Waals surface area contributed by atoms with Gasteiger partial charge in [0.15, 0.2) is 23.2 Å². The Bertz CT molecular complexity index is 1570. The molecule has 4 aromatic rings. The van der Waals surface area contributed by atoms with Gasteiger partial charge in [0, 0.05) is 36.0 Å². The monoisotopic (exact) mass is 557 g/mol. The molecule has 40 heavy (non-hydrogen) atoms. The van der Waals surface area contributed by atoms with Crippen LogP contribution in [0.1, 0.15) is 60.3 Å². The second-order valence-corrected chi connectivity index (χ2v) is 9.65. The summed E-state index contributed by atoms with van der Waals surface area (Å²) in [4.78, 5) is 25.1. The number of aliphatic hydroxyl groups excluding tert-OH is 1. The SMILES string of the molecule is COc1ncnc(C2CC2)c1-c1nc(CO)cc(OCc2cnc(-c3nc(C(F)(F)F)cn3C3CC3)c(F)c2)n1. The number of halogens is 4. The molecule has 4 heterocycles. The minimum atomic E-state index is -4.65. The maximum Gasteiger partial charge on any atom is 0.434 e. The summed E-state index contributed by atoms with van der Waals surface area (Å²) in [6, 6.07) is 2.42. The molecule has 2 aliphatic rings. The van der Waals surface area contributed by atoms with E-state index in [9.17, 15) is 18.3 Å². The van der Waals surface area contributed by atoms with Crippen molar-refractivity contribution in [3.05, 3.63) is 59.3 Å². The molecule has 2 saturated carbocycles. The Morgan fingerprint density at radius 1 is 1.05 bits per heavy atom. The normalized spacial score (nSPS) is 15.3. The highest BCUT2D eigenvalue weighted by Gasteiger charge is 2.38. The van der Waals surface area contributed by atoms with Gasteiger partial charge in [-0.15, -0.1) is 0 Å². The van der Waals surface area contributed by atoms with Crippen LogP contribution in [-0.2, 0) is 19.4 Å². The van der Waals surface area contributed by atoms with Crippen molar-refractivity contribution in [3.63, 3.8) is 0 Å². The maximum absolute atomic E-state index is 15.1. The summed E-state index contributed by atoms with van der Waals surface area (Å²) >= 11 is 0. The number of hydrogen-bond acceptors (Lipinski definition) is 9. The van der Waals surface area contributed by atoms with Gasteiger partial charge >= 0.3 is 6.18 Å². The van der Waals surface area contributed by atoms with Crippen LogP contribution in [0.4, 0.5) is 17.6 Å². The van der Waals surface area contributed by atoms with Crippen LogP contribution in [0.25, 0.3) is 22.9 Å². The second-order valence-electron chi connectivity index (χ2n) is 9.65. The third kappa shape index (κ3) is 5.18. The van der Waals surface area contributed by atoms with Gasteiger partial charge < -0.3 is 19.1 Å². The molecule has 4 aromatic heterocycles. The zero-order valence-corrected chi connectivity index (χ0v) is 21.2. The number of methoxy groups -OCH3 is 1. The van der Waals surface area contributed by atoms with E-state index >= 15 is 4.39 Å². The van der Waals surface area contributed by atoms with E-state index in [2.05, 4.69) is 29.9 Å². The van der Waals surface area contributed by atoms with Crippen molar-refractivity contribution in [2.75, 3.05) is 7.11 Å². The molecule has 0 saturated heterocycles. The van der Waals surface area contributed by atoms with E-state index in [1.165, 1.54) is 30.3 Å². The molecule has 0 unspecified atom stereocenters. The molecule has 2 fully saturated rings. The Hall–Kier alpha value is -4.20. The number of ether oxygens (including phenoxy) is 2. The number of imidazole rings is 1. The van der Waals surface area contributed by atoms with Crippen molar-refractivity contribution in [2.45, 2.75) is 57.0 Å². The van der Waals surface area contributed by atoms with Crippen LogP contribution in [-0.4, -0.2) is 46.7 Å². The number of rotatable bonds is 9. The lowest BCUT2D eigenvalue weighted by Gasteiger charge is -2.13. The number of pyridine rings is 1. The van der Waals surface area contributed by atoms with E-state index in [-0.39, 0.29) is 60.0 Å². The van der Waals surface area contributed by atoms with Gasteiger partial charge in [-0.1, -0.05) is 0 Å². The molecule has 0 radical (unpaired) electrons. The quantitative estimate of drug-likeness (QED) is 0.293. The standard InChI is InChI=1S/C26H23F4N7O3/c1-39-25-20(21(14-2-3-14)32-12-33-25)23-34-15(10-38)7-19(36-23)40-11-13-6-17(27)22(31-8-13)24-35-18(26(28,29)30)9-37(24)16-4-5-16/h6-9,12,14,16,38H,2-5,10-11H2,1H3. The average molecular weight is 558 g/mol. The molecule has 14 heteroatoms. The first-order valence-electron chi connectivity index (χ1n) is 12.6. The Balaban J connectivity index is 1.27. The minimum Gasteiger partial charge on any atom is -0.480 e. The summed E-state index contributed by atoms with van der Waals surface area (Å²) < 4.78 is 67.4. The fourth-order valence-electron chi connectivity index (χ4n) is 4.37. The van der Waals surface area contributed by atoms with E-state index in [4.69, 9.17) is 9.47 Å². The smallest absolute Gasteiger partial charge is 0.434 e. The summed E-state index contributed by atoms with van der Waals surface area (Å²) in [5.41, 5.74) is 0.475. The van der Waals surface area contributed by atoms with E-state index < -0.39 is 17.7 Å². The molecule has 0 aliphatic heterocycles. The van der Waals surface area contributed by atoms with Gasteiger partial charge in [0.25, 0.3) is 0 Å². The lowest BCUT2D eigenvalue weighted by Crippen LogP contribution is -2.07. The van der Waals surface area contributed by atoms with E-state index in [1.54, 1.807) is 0 Å². The molecular weight excluding hydrogens is 534 g/mol. The second kappa shape index (κ2) is 10.1. The molecule has 1 N–H and O–H groups in total. The molecule has 2 aliphatic carbocycles. The third-order valence-electron chi connectivity index (χ3n) is 6.60. The number of aromatic nitrogens is 7. The molecule has 0 bridgehead atoms. The van der Waals surface area contributed by atoms with Gasteiger partial charge in [-0.25, -0.2) is 29.3 Å². The maximum atomic E-state index is 15.1.